The Morgan fingerprint density at radius 3 is 2.89 bits per heavy atom. The Morgan fingerprint density at radius 2 is 2.11 bits per heavy atom. The molecule has 2 atom stereocenters. The van der Waals surface area contributed by atoms with Gasteiger partial charge in [-0.2, -0.15) is 8.42 Å². The zero-order valence-corrected chi connectivity index (χ0v) is 16.0. The fourth-order valence-electron chi connectivity index (χ4n) is 3.69. The van der Waals surface area contributed by atoms with Gasteiger partial charge in [-0.1, -0.05) is 6.07 Å². The molecule has 27 heavy (non-hydrogen) atoms. The van der Waals surface area contributed by atoms with E-state index in [2.05, 4.69) is 20.6 Å². The highest BCUT2D eigenvalue weighted by Crippen LogP contribution is 2.35. The lowest BCUT2D eigenvalue weighted by atomic mass is 9.92. The van der Waals surface area contributed by atoms with Crippen LogP contribution >= 0.6 is 0 Å². The zero-order chi connectivity index (χ0) is 19.2. The molecular weight excluding hydrogens is 368 g/mol. The molecule has 3 heterocycles. The van der Waals surface area contributed by atoms with E-state index in [-0.39, 0.29) is 22.7 Å². The third-order valence-corrected chi connectivity index (χ3v) is 5.86. The molecule has 0 aliphatic carbocycles. The van der Waals surface area contributed by atoms with E-state index in [9.17, 15) is 13.0 Å². The van der Waals surface area contributed by atoms with Gasteiger partial charge in [-0.15, -0.1) is 0 Å². The predicted octanol–water partition coefficient (Wildman–Crippen LogP) is 2.60. The summed E-state index contributed by atoms with van der Waals surface area (Å²) in [6.07, 6.45) is 2.72. The van der Waals surface area contributed by atoms with Crippen molar-refractivity contribution in [2.24, 2.45) is 0 Å². The summed E-state index contributed by atoms with van der Waals surface area (Å²) in [6, 6.07) is 4.91. The number of aromatic nitrogens is 2. The molecule has 0 spiro atoms. The Morgan fingerprint density at radius 1 is 1.30 bits per heavy atom. The molecule has 8 nitrogen and oxygen atoms in total. The van der Waals surface area contributed by atoms with Crippen LogP contribution < -0.4 is 10.6 Å². The van der Waals surface area contributed by atoms with Crippen molar-refractivity contribution >= 4 is 27.4 Å². The number of benzene rings is 1. The van der Waals surface area contributed by atoms with E-state index in [4.69, 9.17) is 4.74 Å². The molecule has 0 saturated carbocycles. The van der Waals surface area contributed by atoms with Crippen molar-refractivity contribution < 1.29 is 17.7 Å². The number of rotatable bonds is 3. The number of aryl methyl sites for hydroxylation is 2. The molecule has 1 fully saturated rings. The van der Waals surface area contributed by atoms with Crippen molar-refractivity contribution in [3.05, 3.63) is 35.2 Å². The number of fused-ring (bicyclic) bond motifs is 2. The molecule has 3 N–H and O–H groups in total. The van der Waals surface area contributed by atoms with Gasteiger partial charge >= 0.3 is 0 Å². The lowest BCUT2D eigenvalue weighted by Gasteiger charge is -2.37. The fraction of sp³-hybridized carbons (Fsp3) is 0.444. The SMILES string of the molecule is Cc1ccc(S(=O)(=O)O)c(Nc2nc(C)nc3c2CC2OCCCC2N3)c1. The third-order valence-electron chi connectivity index (χ3n) is 4.95. The number of nitrogens with zero attached hydrogens (tertiary/aromatic N) is 2. The van der Waals surface area contributed by atoms with Crippen LogP contribution in [0.1, 0.15) is 29.8 Å². The average Bonchev–Trinajstić information content (AvgIpc) is 2.59. The van der Waals surface area contributed by atoms with Gasteiger partial charge in [-0.25, -0.2) is 9.97 Å². The number of ether oxygens (including phenoxy) is 1. The number of hydrogen-bond acceptors (Lipinski definition) is 7. The zero-order valence-electron chi connectivity index (χ0n) is 15.2. The molecule has 0 bridgehead atoms. The normalized spacial score (nSPS) is 21.7. The van der Waals surface area contributed by atoms with Gasteiger partial charge in [0.05, 0.1) is 17.8 Å². The van der Waals surface area contributed by atoms with E-state index >= 15 is 0 Å². The van der Waals surface area contributed by atoms with Gasteiger partial charge in [0.1, 0.15) is 22.4 Å². The fourth-order valence-corrected chi connectivity index (χ4v) is 4.32. The number of nitrogens with one attached hydrogen (secondary N) is 2. The van der Waals surface area contributed by atoms with Crippen LogP contribution in [0.5, 0.6) is 0 Å². The van der Waals surface area contributed by atoms with Crippen LogP contribution in [-0.2, 0) is 21.3 Å². The Hall–Kier alpha value is -2.23. The van der Waals surface area contributed by atoms with Crippen molar-refractivity contribution in [1.82, 2.24) is 9.97 Å². The lowest BCUT2D eigenvalue weighted by molar-refractivity contribution is 0.00494. The molecule has 144 valence electrons. The van der Waals surface area contributed by atoms with Gasteiger partial charge in [-0.3, -0.25) is 4.55 Å². The maximum Gasteiger partial charge on any atom is 0.296 e. The van der Waals surface area contributed by atoms with Gasteiger partial charge in [-0.05, 0) is 44.4 Å². The average molecular weight is 390 g/mol. The first-order valence-corrected chi connectivity index (χ1v) is 10.4. The van der Waals surface area contributed by atoms with E-state index in [1.54, 1.807) is 19.1 Å². The summed E-state index contributed by atoms with van der Waals surface area (Å²) in [5.41, 5.74) is 1.99. The highest BCUT2D eigenvalue weighted by atomic mass is 32.2. The summed E-state index contributed by atoms with van der Waals surface area (Å²) in [5.74, 6) is 1.84. The summed E-state index contributed by atoms with van der Waals surface area (Å²) in [5, 5.41) is 6.54. The van der Waals surface area contributed by atoms with Crippen molar-refractivity contribution in [1.29, 1.82) is 0 Å². The van der Waals surface area contributed by atoms with Gasteiger partial charge in [0, 0.05) is 18.6 Å². The van der Waals surface area contributed by atoms with E-state index < -0.39 is 10.1 Å². The summed E-state index contributed by atoms with van der Waals surface area (Å²) in [7, 11) is -4.37. The molecule has 2 unspecified atom stereocenters. The van der Waals surface area contributed by atoms with Gasteiger partial charge in [0.15, 0.2) is 0 Å². The molecule has 0 amide bonds. The second kappa shape index (κ2) is 6.74. The van der Waals surface area contributed by atoms with Crippen molar-refractivity contribution in [2.75, 3.05) is 17.2 Å². The van der Waals surface area contributed by atoms with Crippen molar-refractivity contribution in [2.45, 2.75) is 50.2 Å². The highest BCUT2D eigenvalue weighted by Gasteiger charge is 2.34. The minimum atomic E-state index is -4.37. The molecule has 0 radical (unpaired) electrons. The molecule has 1 aromatic carbocycles. The molecule has 1 saturated heterocycles. The van der Waals surface area contributed by atoms with Crippen LogP contribution in [0.15, 0.2) is 23.1 Å². The van der Waals surface area contributed by atoms with E-state index in [0.29, 0.717) is 18.1 Å². The molecule has 2 aliphatic rings. The number of hydrogen-bond donors (Lipinski definition) is 3. The standard InChI is InChI=1S/C18H22N4O4S/c1-10-5-6-16(27(23,24)25)14(8-10)22-18-12-9-15-13(4-3-7-26-15)21-17(12)19-11(2)20-18/h5-6,8,13,15H,3-4,7,9H2,1-2H3,(H,23,24,25)(H2,19,20,21,22). The van der Waals surface area contributed by atoms with Crippen LogP contribution in [-0.4, -0.2) is 41.7 Å². The van der Waals surface area contributed by atoms with Crippen molar-refractivity contribution in [3.63, 3.8) is 0 Å². The summed E-state index contributed by atoms with van der Waals surface area (Å²) in [6.45, 7) is 4.37. The minimum Gasteiger partial charge on any atom is -0.376 e. The van der Waals surface area contributed by atoms with E-state index in [0.717, 1.165) is 36.4 Å². The largest absolute Gasteiger partial charge is 0.376 e. The maximum atomic E-state index is 11.7. The minimum absolute atomic E-state index is 0.0386. The Labute approximate surface area is 158 Å². The quantitative estimate of drug-likeness (QED) is 0.686. The second-order valence-corrected chi connectivity index (χ2v) is 8.44. The van der Waals surface area contributed by atoms with Gasteiger partial charge in [0.25, 0.3) is 10.1 Å². The molecule has 1 aromatic heterocycles. The first-order chi connectivity index (χ1) is 12.8. The first-order valence-electron chi connectivity index (χ1n) is 8.92. The molecule has 9 heteroatoms. The summed E-state index contributed by atoms with van der Waals surface area (Å²) >= 11 is 0. The Kier molecular flexibility index (Phi) is 4.53. The monoisotopic (exact) mass is 390 g/mol. The van der Waals surface area contributed by atoms with Crippen LogP contribution in [0, 0.1) is 13.8 Å². The second-order valence-electron chi connectivity index (χ2n) is 7.05. The van der Waals surface area contributed by atoms with Crippen LogP contribution in [0.25, 0.3) is 0 Å². The lowest BCUT2D eigenvalue weighted by Crippen LogP contribution is -2.45. The molecular formula is C18H22N4O4S. The van der Waals surface area contributed by atoms with Crippen LogP contribution in [0.2, 0.25) is 0 Å². The Balaban J connectivity index is 1.76. The summed E-state index contributed by atoms with van der Waals surface area (Å²) < 4.78 is 38.9. The van der Waals surface area contributed by atoms with Gasteiger partial charge in [0.2, 0.25) is 0 Å². The van der Waals surface area contributed by atoms with Crippen LogP contribution in [0.3, 0.4) is 0 Å². The maximum absolute atomic E-state index is 11.7. The van der Waals surface area contributed by atoms with E-state index in [1.165, 1.54) is 6.07 Å². The van der Waals surface area contributed by atoms with E-state index in [1.807, 2.05) is 6.92 Å². The van der Waals surface area contributed by atoms with Gasteiger partial charge < -0.3 is 15.4 Å². The number of anilines is 3. The first kappa shape index (κ1) is 18.1. The molecule has 2 aliphatic heterocycles. The summed E-state index contributed by atoms with van der Waals surface area (Å²) in [4.78, 5) is 8.80. The molecule has 2 aromatic rings. The smallest absolute Gasteiger partial charge is 0.296 e. The highest BCUT2D eigenvalue weighted by molar-refractivity contribution is 7.86. The van der Waals surface area contributed by atoms with Crippen LogP contribution in [0.4, 0.5) is 17.3 Å². The topological polar surface area (TPSA) is 113 Å². The van der Waals surface area contributed by atoms with Crippen molar-refractivity contribution in [3.8, 4) is 0 Å². The Bertz CT molecular complexity index is 993. The third kappa shape index (κ3) is 3.62. The molecule has 4 rings (SSSR count). The predicted molar refractivity (Wildman–Crippen MR) is 101 cm³/mol.